The van der Waals surface area contributed by atoms with Crippen molar-refractivity contribution in [2.24, 2.45) is 0 Å². The standard InChI is InChI=1S/C19H17N5OS/c1-12(26-19-23-15-4-2-3-5-16(15)24-19)18(25)22-14-8-6-13(7-9-14)17-10-20-11-21-17/h2-12H,1H3,(H,20,21)(H,22,25)(H,23,24)/t12-/m0/s1. The highest BCUT2D eigenvalue weighted by molar-refractivity contribution is 8.00. The lowest BCUT2D eigenvalue weighted by Crippen LogP contribution is -2.22. The monoisotopic (exact) mass is 363 g/mol. The highest BCUT2D eigenvalue weighted by atomic mass is 32.2. The maximum Gasteiger partial charge on any atom is 0.237 e. The molecule has 0 saturated carbocycles. The highest BCUT2D eigenvalue weighted by Crippen LogP contribution is 2.25. The van der Waals surface area contributed by atoms with Crippen LogP contribution in [0.3, 0.4) is 0 Å². The quantitative estimate of drug-likeness (QED) is 0.467. The number of amides is 1. The van der Waals surface area contributed by atoms with E-state index in [2.05, 4.69) is 25.3 Å². The number of anilines is 1. The van der Waals surface area contributed by atoms with Crippen LogP contribution in [-0.4, -0.2) is 31.1 Å². The molecule has 0 aliphatic carbocycles. The van der Waals surface area contributed by atoms with E-state index in [1.165, 1.54) is 11.8 Å². The SMILES string of the molecule is C[C@H](Sc1nc2ccccc2[nH]1)C(=O)Nc1ccc(-c2cnc[nH]2)cc1. The molecular formula is C19H17N5OS. The van der Waals surface area contributed by atoms with Crippen LogP contribution in [0, 0.1) is 0 Å². The van der Waals surface area contributed by atoms with Crippen LogP contribution in [-0.2, 0) is 4.79 Å². The smallest absolute Gasteiger partial charge is 0.237 e. The van der Waals surface area contributed by atoms with Gasteiger partial charge in [-0.1, -0.05) is 36.0 Å². The van der Waals surface area contributed by atoms with Crippen LogP contribution in [0.4, 0.5) is 5.69 Å². The first kappa shape index (κ1) is 16.4. The van der Waals surface area contributed by atoms with E-state index < -0.39 is 0 Å². The van der Waals surface area contributed by atoms with Crippen LogP contribution in [0.2, 0.25) is 0 Å². The van der Waals surface area contributed by atoms with Gasteiger partial charge in [0.1, 0.15) is 0 Å². The van der Waals surface area contributed by atoms with Crippen molar-refractivity contribution in [1.29, 1.82) is 0 Å². The molecule has 2 heterocycles. The van der Waals surface area contributed by atoms with Crippen molar-refractivity contribution in [2.45, 2.75) is 17.3 Å². The van der Waals surface area contributed by atoms with Crippen LogP contribution in [0.1, 0.15) is 6.92 Å². The normalized spacial score (nSPS) is 12.2. The fourth-order valence-corrected chi connectivity index (χ4v) is 3.42. The summed E-state index contributed by atoms with van der Waals surface area (Å²) in [5.74, 6) is -0.0650. The maximum absolute atomic E-state index is 12.5. The molecule has 0 fully saturated rings. The molecule has 3 N–H and O–H groups in total. The lowest BCUT2D eigenvalue weighted by atomic mass is 10.1. The topological polar surface area (TPSA) is 86.5 Å². The van der Waals surface area contributed by atoms with E-state index >= 15 is 0 Å². The predicted octanol–water partition coefficient (Wildman–Crippen LogP) is 4.07. The zero-order valence-electron chi connectivity index (χ0n) is 14.1. The first-order valence-corrected chi connectivity index (χ1v) is 9.08. The number of imidazole rings is 2. The number of hydrogen-bond donors (Lipinski definition) is 3. The van der Waals surface area contributed by atoms with Crippen molar-refractivity contribution < 1.29 is 4.79 Å². The Balaban J connectivity index is 1.40. The van der Waals surface area contributed by atoms with E-state index in [1.807, 2.05) is 55.5 Å². The number of nitrogens with one attached hydrogen (secondary N) is 3. The minimum atomic E-state index is -0.275. The lowest BCUT2D eigenvalue weighted by Gasteiger charge is -2.11. The molecular weight excluding hydrogens is 346 g/mol. The molecule has 1 atom stereocenters. The van der Waals surface area contributed by atoms with Gasteiger partial charge in [0.15, 0.2) is 5.16 Å². The number of benzene rings is 2. The van der Waals surface area contributed by atoms with Crippen molar-refractivity contribution in [1.82, 2.24) is 19.9 Å². The summed E-state index contributed by atoms with van der Waals surface area (Å²) in [6.07, 6.45) is 3.40. The number of aromatic amines is 2. The molecule has 6 nitrogen and oxygen atoms in total. The van der Waals surface area contributed by atoms with Gasteiger partial charge in [-0.3, -0.25) is 4.79 Å². The molecule has 4 aromatic rings. The van der Waals surface area contributed by atoms with E-state index in [-0.39, 0.29) is 11.2 Å². The molecule has 0 aliphatic heterocycles. The van der Waals surface area contributed by atoms with E-state index in [9.17, 15) is 4.79 Å². The Kier molecular flexibility index (Phi) is 4.45. The van der Waals surface area contributed by atoms with Crippen LogP contribution in [0.15, 0.2) is 66.2 Å². The number of carbonyl (C=O) groups is 1. The number of H-pyrrole nitrogens is 2. The molecule has 0 radical (unpaired) electrons. The Morgan fingerprint density at radius 2 is 1.96 bits per heavy atom. The Hall–Kier alpha value is -3.06. The molecule has 2 aromatic heterocycles. The molecule has 7 heteroatoms. The second-order valence-corrected chi connectivity index (χ2v) is 7.18. The summed E-state index contributed by atoms with van der Waals surface area (Å²) in [5.41, 5.74) is 4.59. The predicted molar refractivity (Wildman–Crippen MR) is 104 cm³/mol. The Morgan fingerprint density at radius 3 is 2.69 bits per heavy atom. The van der Waals surface area contributed by atoms with Gasteiger partial charge >= 0.3 is 0 Å². The number of carbonyl (C=O) groups excluding carboxylic acids is 1. The number of para-hydroxylation sites is 2. The third-order valence-corrected chi connectivity index (χ3v) is 4.97. The molecule has 130 valence electrons. The van der Waals surface area contributed by atoms with Crippen LogP contribution in [0.5, 0.6) is 0 Å². The molecule has 4 rings (SSSR count). The summed E-state index contributed by atoms with van der Waals surface area (Å²) in [5, 5.41) is 3.41. The van der Waals surface area contributed by atoms with Crippen molar-refractivity contribution in [3.05, 3.63) is 61.1 Å². The summed E-state index contributed by atoms with van der Waals surface area (Å²) >= 11 is 1.41. The fraction of sp³-hybridized carbons (Fsp3) is 0.105. The van der Waals surface area contributed by atoms with Crippen LogP contribution in [0.25, 0.3) is 22.3 Å². The van der Waals surface area contributed by atoms with E-state index in [0.29, 0.717) is 0 Å². The summed E-state index contributed by atoms with van der Waals surface area (Å²) in [7, 11) is 0. The van der Waals surface area contributed by atoms with Gasteiger partial charge in [0.05, 0.1) is 34.5 Å². The highest BCUT2D eigenvalue weighted by Gasteiger charge is 2.16. The molecule has 1 amide bonds. The number of fused-ring (bicyclic) bond motifs is 1. The molecule has 0 saturated heterocycles. The van der Waals surface area contributed by atoms with E-state index in [1.54, 1.807) is 12.5 Å². The molecule has 0 bridgehead atoms. The molecule has 2 aromatic carbocycles. The average Bonchev–Trinajstić information content (AvgIpc) is 3.31. The van der Waals surface area contributed by atoms with Crippen molar-refractivity contribution in [2.75, 3.05) is 5.32 Å². The second kappa shape index (κ2) is 7.05. The fourth-order valence-electron chi connectivity index (χ4n) is 2.60. The summed E-state index contributed by atoms with van der Waals surface area (Å²) < 4.78 is 0. The second-order valence-electron chi connectivity index (χ2n) is 5.85. The molecule has 0 aliphatic rings. The molecule has 0 spiro atoms. The van der Waals surface area contributed by atoms with Gasteiger partial charge < -0.3 is 15.3 Å². The number of rotatable bonds is 5. The van der Waals surface area contributed by atoms with Gasteiger partial charge in [-0.05, 0) is 36.8 Å². The lowest BCUT2D eigenvalue weighted by molar-refractivity contribution is -0.115. The minimum absolute atomic E-state index is 0.0650. The number of thioether (sulfide) groups is 1. The number of hydrogen-bond acceptors (Lipinski definition) is 4. The van der Waals surface area contributed by atoms with Crippen molar-refractivity contribution in [3.8, 4) is 11.3 Å². The first-order chi connectivity index (χ1) is 12.7. The summed E-state index contributed by atoms with van der Waals surface area (Å²) in [6, 6.07) is 15.5. The van der Waals surface area contributed by atoms with Gasteiger partial charge in [0.25, 0.3) is 0 Å². The van der Waals surface area contributed by atoms with Gasteiger partial charge in [-0.25, -0.2) is 9.97 Å². The molecule has 0 unspecified atom stereocenters. The van der Waals surface area contributed by atoms with Gasteiger partial charge in [-0.2, -0.15) is 0 Å². The minimum Gasteiger partial charge on any atom is -0.345 e. The van der Waals surface area contributed by atoms with Gasteiger partial charge in [0.2, 0.25) is 5.91 Å². The zero-order valence-corrected chi connectivity index (χ0v) is 14.9. The first-order valence-electron chi connectivity index (χ1n) is 8.20. The number of aromatic nitrogens is 4. The Labute approximate surface area is 154 Å². The molecule has 26 heavy (non-hydrogen) atoms. The largest absolute Gasteiger partial charge is 0.345 e. The maximum atomic E-state index is 12.5. The summed E-state index contributed by atoms with van der Waals surface area (Å²) in [4.78, 5) is 27.3. The third kappa shape index (κ3) is 3.48. The van der Waals surface area contributed by atoms with E-state index in [0.717, 1.165) is 33.1 Å². The summed E-state index contributed by atoms with van der Waals surface area (Å²) in [6.45, 7) is 1.87. The Bertz CT molecular complexity index is 991. The van der Waals surface area contributed by atoms with Crippen molar-refractivity contribution >= 4 is 34.4 Å². The average molecular weight is 363 g/mol. The van der Waals surface area contributed by atoms with Crippen molar-refractivity contribution in [3.63, 3.8) is 0 Å². The van der Waals surface area contributed by atoms with Gasteiger partial charge in [-0.15, -0.1) is 0 Å². The third-order valence-electron chi connectivity index (χ3n) is 3.99. The van der Waals surface area contributed by atoms with Crippen LogP contribution >= 0.6 is 11.8 Å². The van der Waals surface area contributed by atoms with Gasteiger partial charge in [0, 0.05) is 5.69 Å². The Morgan fingerprint density at radius 1 is 1.15 bits per heavy atom. The van der Waals surface area contributed by atoms with Crippen LogP contribution < -0.4 is 5.32 Å². The van der Waals surface area contributed by atoms with E-state index in [4.69, 9.17) is 0 Å². The zero-order chi connectivity index (χ0) is 17.9. The number of nitrogens with zero attached hydrogens (tertiary/aromatic N) is 2.